The number of hydrogen-bond donors (Lipinski definition) is 2. The van der Waals surface area contributed by atoms with Gasteiger partial charge in [0.25, 0.3) is 0 Å². The minimum Gasteiger partial charge on any atom is -0.465 e. The number of carboxylic acid groups (broad SMARTS) is 1. The van der Waals surface area contributed by atoms with Gasteiger partial charge in [0, 0.05) is 6.54 Å². The highest BCUT2D eigenvalue weighted by molar-refractivity contribution is 5.64. The summed E-state index contributed by atoms with van der Waals surface area (Å²) < 4.78 is 0. The van der Waals surface area contributed by atoms with Crippen molar-refractivity contribution in [1.29, 1.82) is 0 Å². The van der Waals surface area contributed by atoms with Crippen LogP contribution in [0.3, 0.4) is 0 Å². The van der Waals surface area contributed by atoms with Crippen LogP contribution in [0.1, 0.15) is 91.4 Å². The second kappa shape index (κ2) is 19.6. The van der Waals surface area contributed by atoms with Gasteiger partial charge in [-0.25, -0.2) is 4.79 Å². The van der Waals surface area contributed by atoms with E-state index in [0.29, 0.717) is 6.54 Å². The Morgan fingerprint density at radius 2 is 1.11 bits per heavy atom. The summed E-state index contributed by atoms with van der Waals surface area (Å²) in [6.45, 7) is 7.14. The van der Waals surface area contributed by atoms with E-state index in [0.717, 1.165) is 12.8 Å². The summed E-state index contributed by atoms with van der Waals surface area (Å²) in [6.07, 6.45) is 14.0. The molecule has 0 unspecified atom stereocenters. The molecule has 3 nitrogen and oxygen atoms in total. The highest BCUT2D eigenvalue weighted by Crippen LogP contribution is 2.08. The lowest BCUT2D eigenvalue weighted by Crippen LogP contribution is -2.21. The van der Waals surface area contributed by atoms with Gasteiger partial charge in [-0.05, 0) is 6.42 Å². The van der Waals surface area contributed by atoms with Crippen LogP contribution in [0.25, 0.3) is 0 Å². The van der Waals surface area contributed by atoms with E-state index in [1.54, 1.807) is 0 Å². The maximum absolute atomic E-state index is 9.76. The molecule has 0 rings (SSSR count). The van der Waals surface area contributed by atoms with Gasteiger partial charge in [-0.3, -0.25) is 0 Å². The molecule has 0 heterocycles. The molecule has 116 valence electrons. The summed E-state index contributed by atoms with van der Waals surface area (Å²) in [5.74, 6) is 0. The maximum Gasteiger partial charge on any atom is 0.404 e. The predicted molar refractivity (Wildman–Crippen MR) is 83.8 cm³/mol. The molecule has 0 saturated heterocycles. The van der Waals surface area contributed by atoms with Crippen LogP contribution in [-0.4, -0.2) is 17.7 Å². The van der Waals surface area contributed by atoms with E-state index in [1.165, 1.54) is 57.8 Å². The smallest absolute Gasteiger partial charge is 0.404 e. The average molecular weight is 273 g/mol. The molecule has 3 heteroatoms. The van der Waals surface area contributed by atoms with Gasteiger partial charge in [-0.1, -0.05) is 85.0 Å². The first-order valence-electron chi connectivity index (χ1n) is 8.15. The van der Waals surface area contributed by atoms with Gasteiger partial charge in [0.05, 0.1) is 0 Å². The number of rotatable bonds is 11. The molecule has 0 bridgehead atoms. The van der Waals surface area contributed by atoms with Crippen molar-refractivity contribution in [3.8, 4) is 0 Å². The van der Waals surface area contributed by atoms with E-state index < -0.39 is 6.09 Å². The van der Waals surface area contributed by atoms with Gasteiger partial charge in [0.15, 0.2) is 0 Å². The molecule has 0 spiro atoms. The Morgan fingerprint density at radius 3 is 1.42 bits per heavy atom. The fourth-order valence-corrected chi connectivity index (χ4v) is 1.76. The minimum atomic E-state index is -0.932. The summed E-state index contributed by atoms with van der Waals surface area (Å²) in [5.41, 5.74) is 0. The Morgan fingerprint density at radius 1 is 0.737 bits per heavy atom. The van der Waals surface area contributed by atoms with E-state index in [4.69, 9.17) is 5.11 Å². The normalized spacial score (nSPS) is 9.63. The number of unbranched alkanes of at least 4 members (excludes halogenated alkanes) is 9. The third-order valence-corrected chi connectivity index (χ3v) is 3.01. The van der Waals surface area contributed by atoms with E-state index in [-0.39, 0.29) is 0 Å². The van der Waals surface area contributed by atoms with E-state index in [9.17, 15) is 4.79 Å². The molecule has 0 fully saturated rings. The Balaban J connectivity index is 0. The van der Waals surface area contributed by atoms with Crippen LogP contribution in [0.2, 0.25) is 0 Å². The highest BCUT2D eigenvalue weighted by atomic mass is 16.4. The number of hydrogen-bond acceptors (Lipinski definition) is 1. The lowest BCUT2D eigenvalue weighted by atomic mass is 10.1. The molecule has 0 aliphatic carbocycles. The van der Waals surface area contributed by atoms with Crippen molar-refractivity contribution in [3.05, 3.63) is 0 Å². The fraction of sp³-hybridized carbons (Fsp3) is 0.938. The van der Waals surface area contributed by atoms with Crippen LogP contribution in [-0.2, 0) is 0 Å². The van der Waals surface area contributed by atoms with Crippen LogP contribution in [0, 0.1) is 0 Å². The molecule has 0 aliphatic rings. The maximum atomic E-state index is 9.76. The molecule has 0 aliphatic heterocycles. The lowest BCUT2D eigenvalue weighted by molar-refractivity contribution is 0.194. The zero-order valence-electron chi connectivity index (χ0n) is 13.3. The zero-order chi connectivity index (χ0) is 14.8. The van der Waals surface area contributed by atoms with E-state index in [1.807, 2.05) is 6.92 Å². The van der Waals surface area contributed by atoms with Crippen molar-refractivity contribution in [3.63, 3.8) is 0 Å². The summed E-state index contributed by atoms with van der Waals surface area (Å²) in [6, 6.07) is 0. The van der Waals surface area contributed by atoms with Crippen LogP contribution >= 0.6 is 0 Å². The van der Waals surface area contributed by atoms with Gasteiger partial charge in [0.2, 0.25) is 0 Å². The van der Waals surface area contributed by atoms with Crippen molar-refractivity contribution >= 4 is 6.09 Å². The molecule has 0 saturated carbocycles. The van der Waals surface area contributed by atoms with E-state index >= 15 is 0 Å². The predicted octanol–water partition coefficient (Wildman–Crippen LogP) is 5.59. The van der Waals surface area contributed by atoms with Crippen LogP contribution in [0.5, 0.6) is 0 Å². The first kappa shape index (κ1) is 20.6. The summed E-state index contributed by atoms with van der Waals surface area (Å²) >= 11 is 0. The van der Waals surface area contributed by atoms with Crippen molar-refractivity contribution in [2.24, 2.45) is 0 Å². The van der Waals surface area contributed by atoms with Crippen LogP contribution in [0.4, 0.5) is 4.79 Å². The van der Waals surface area contributed by atoms with Gasteiger partial charge in [-0.2, -0.15) is 0 Å². The molecule has 19 heavy (non-hydrogen) atoms. The zero-order valence-corrected chi connectivity index (χ0v) is 13.3. The van der Waals surface area contributed by atoms with Gasteiger partial charge in [0.1, 0.15) is 0 Å². The van der Waals surface area contributed by atoms with Crippen LogP contribution < -0.4 is 5.32 Å². The molecule has 0 radical (unpaired) electrons. The standard InChI is InChI=1S/C11H24.C5H11NO2/c1-3-5-7-9-11-10-8-6-4-2;1-2-3-4-6-5(7)8/h3-11H2,1-2H3;6H,2-4H2,1H3,(H,7,8). The second-order valence-electron chi connectivity index (χ2n) is 5.06. The Bertz CT molecular complexity index is 164. The quantitative estimate of drug-likeness (QED) is 0.482. The summed E-state index contributed by atoms with van der Waals surface area (Å²) in [5, 5.41) is 10.3. The summed E-state index contributed by atoms with van der Waals surface area (Å²) in [7, 11) is 0. The second-order valence-corrected chi connectivity index (χ2v) is 5.06. The third kappa shape index (κ3) is 26.7. The Kier molecular flexibility index (Phi) is 21.2. The first-order valence-corrected chi connectivity index (χ1v) is 8.15. The molecular formula is C16H35NO2. The summed E-state index contributed by atoms with van der Waals surface area (Å²) in [4.78, 5) is 9.76. The Hall–Kier alpha value is -0.730. The topological polar surface area (TPSA) is 49.3 Å². The van der Waals surface area contributed by atoms with Gasteiger partial charge in [-0.15, -0.1) is 0 Å². The SMILES string of the molecule is CCCCCCCCCCC.CCCCNC(=O)O. The van der Waals surface area contributed by atoms with Crippen molar-refractivity contribution in [2.45, 2.75) is 91.4 Å². The van der Waals surface area contributed by atoms with Gasteiger partial charge < -0.3 is 10.4 Å². The number of amides is 1. The van der Waals surface area contributed by atoms with Gasteiger partial charge >= 0.3 is 6.09 Å². The molecule has 0 aromatic rings. The third-order valence-electron chi connectivity index (χ3n) is 3.01. The van der Waals surface area contributed by atoms with Crippen molar-refractivity contribution in [2.75, 3.05) is 6.54 Å². The number of carbonyl (C=O) groups is 1. The largest absolute Gasteiger partial charge is 0.465 e. The average Bonchev–Trinajstić information content (AvgIpc) is 2.39. The molecule has 1 amide bonds. The highest BCUT2D eigenvalue weighted by Gasteiger charge is 1.89. The molecule has 0 atom stereocenters. The first-order chi connectivity index (χ1) is 9.18. The molecule has 2 N–H and O–H groups in total. The molecule has 0 aromatic heterocycles. The minimum absolute atomic E-state index is 0.575. The number of nitrogens with one attached hydrogen (secondary N) is 1. The Labute approximate surface area is 120 Å². The van der Waals surface area contributed by atoms with E-state index in [2.05, 4.69) is 19.2 Å². The van der Waals surface area contributed by atoms with Crippen molar-refractivity contribution < 1.29 is 9.90 Å². The lowest BCUT2D eigenvalue weighted by Gasteiger charge is -1.98. The van der Waals surface area contributed by atoms with Crippen molar-refractivity contribution in [1.82, 2.24) is 5.32 Å². The molecular weight excluding hydrogens is 238 g/mol. The monoisotopic (exact) mass is 273 g/mol. The van der Waals surface area contributed by atoms with Crippen LogP contribution in [0.15, 0.2) is 0 Å². The molecule has 0 aromatic carbocycles. The fourth-order valence-electron chi connectivity index (χ4n) is 1.76.